The predicted molar refractivity (Wildman–Crippen MR) is 119 cm³/mol. The predicted octanol–water partition coefficient (Wildman–Crippen LogP) is 3.87. The van der Waals surface area contributed by atoms with Gasteiger partial charge in [0, 0.05) is 10.8 Å². The van der Waals surface area contributed by atoms with E-state index in [0.717, 1.165) is 16.0 Å². The van der Waals surface area contributed by atoms with Crippen molar-refractivity contribution in [1.82, 2.24) is 9.78 Å². The van der Waals surface area contributed by atoms with Gasteiger partial charge in [-0.3, -0.25) is 9.59 Å². The number of carbonyl (C=O) groups excluding carboxylic acids is 2. The van der Waals surface area contributed by atoms with Crippen LogP contribution < -0.4 is 15.6 Å². The fraction of sp³-hybridized carbons (Fsp3) is 0.182. The second-order valence-corrected chi connectivity index (χ2v) is 7.38. The maximum absolute atomic E-state index is 13.4. The molecule has 0 spiro atoms. The van der Waals surface area contributed by atoms with Crippen molar-refractivity contribution in [3.8, 4) is 11.4 Å². The lowest BCUT2D eigenvalue weighted by molar-refractivity contribution is 0.0520. The number of benzene rings is 1. The maximum atomic E-state index is 13.4. The van der Waals surface area contributed by atoms with Crippen LogP contribution in [-0.2, 0) is 4.74 Å². The van der Waals surface area contributed by atoms with Crippen LogP contribution in [0.2, 0.25) is 0 Å². The Kier molecular flexibility index (Phi) is 6.04. The monoisotopic (exact) mass is 453 g/mol. The van der Waals surface area contributed by atoms with Crippen LogP contribution in [0, 0.1) is 0 Å². The molecule has 0 aliphatic heterocycles. The number of hydrogen-bond donors (Lipinski definition) is 1. The molecule has 0 fully saturated rings. The van der Waals surface area contributed by atoms with Gasteiger partial charge in [0.2, 0.25) is 0 Å². The lowest BCUT2D eigenvalue weighted by atomic mass is 10.2. The average molecular weight is 453 g/mol. The highest BCUT2D eigenvalue weighted by molar-refractivity contribution is 7.16. The van der Waals surface area contributed by atoms with E-state index >= 15 is 0 Å². The van der Waals surface area contributed by atoms with E-state index in [1.807, 2.05) is 6.92 Å². The fourth-order valence-corrected chi connectivity index (χ4v) is 4.02. The van der Waals surface area contributed by atoms with Gasteiger partial charge in [0.1, 0.15) is 10.8 Å². The normalized spacial score (nSPS) is 10.8. The van der Waals surface area contributed by atoms with E-state index in [9.17, 15) is 14.4 Å². The number of aromatic nitrogens is 2. The minimum Gasteiger partial charge on any atom is -0.494 e. The molecule has 0 saturated heterocycles. The third-order valence-corrected chi connectivity index (χ3v) is 5.38. The van der Waals surface area contributed by atoms with Crippen LogP contribution in [0.4, 0.5) is 5.00 Å². The number of hydrogen-bond acceptors (Lipinski definition) is 8. The summed E-state index contributed by atoms with van der Waals surface area (Å²) < 4.78 is 16.8. The Morgan fingerprint density at radius 1 is 1.16 bits per heavy atom. The van der Waals surface area contributed by atoms with Crippen molar-refractivity contribution in [2.75, 3.05) is 18.5 Å². The van der Waals surface area contributed by atoms with E-state index in [2.05, 4.69) is 10.4 Å². The average Bonchev–Trinajstić information content (AvgIpc) is 3.46. The Bertz CT molecular complexity index is 1320. The van der Waals surface area contributed by atoms with Gasteiger partial charge in [-0.05, 0) is 50.2 Å². The number of furan rings is 1. The number of nitrogens with one attached hydrogen (secondary N) is 1. The Morgan fingerprint density at radius 2 is 1.94 bits per heavy atom. The molecule has 0 unspecified atom stereocenters. The van der Waals surface area contributed by atoms with Crippen LogP contribution in [0.1, 0.15) is 34.9 Å². The van der Waals surface area contributed by atoms with E-state index in [4.69, 9.17) is 13.9 Å². The largest absolute Gasteiger partial charge is 0.494 e. The minimum atomic E-state index is -0.668. The van der Waals surface area contributed by atoms with Crippen molar-refractivity contribution >= 4 is 39.0 Å². The minimum absolute atomic E-state index is 0.0231. The number of esters is 1. The molecule has 9 nitrogen and oxygen atoms in total. The third-order valence-electron chi connectivity index (χ3n) is 4.49. The molecule has 1 N–H and O–H groups in total. The summed E-state index contributed by atoms with van der Waals surface area (Å²) in [4.78, 5) is 38.4. The van der Waals surface area contributed by atoms with Crippen LogP contribution in [0.3, 0.4) is 0 Å². The van der Waals surface area contributed by atoms with Crippen molar-refractivity contribution in [2.45, 2.75) is 13.8 Å². The fourth-order valence-electron chi connectivity index (χ4n) is 3.09. The first-order valence-electron chi connectivity index (χ1n) is 9.83. The van der Waals surface area contributed by atoms with Crippen molar-refractivity contribution in [1.29, 1.82) is 0 Å². The SMILES string of the molecule is CCOC(=O)c1nn(-c2ccc(OCC)cc2)c(=O)c2c(NC(=O)c3ccco3)scc12. The zero-order chi connectivity index (χ0) is 22.7. The highest BCUT2D eigenvalue weighted by Crippen LogP contribution is 2.31. The second kappa shape index (κ2) is 9.06. The molecule has 1 aromatic carbocycles. The number of rotatable bonds is 7. The van der Waals surface area contributed by atoms with E-state index < -0.39 is 17.4 Å². The smallest absolute Gasteiger partial charge is 0.359 e. The molecule has 3 heterocycles. The topological polar surface area (TPSA) is 113 Å². The van der Waals surface area contributed by atoms with Crippen LogP contribution >= 0.6 is 11.3 Å². The van der Waals surface area contributed by atoms with Crippen LogP contribution in [0.25, 0.3) is 16.5 Å². The highest BCUT2D eigenvalue weighted by Gasteiger charge is 2.23. The highest BCUT2D eigenvalue weighted by atomic mass is 32.1. The molecule has 3 aromatic heterocycles. The molecule has 0 bridgehead atoms. The summed E-state index contributed by atoms with van der Waals surface area (Å²) >= 11 is 1.11. The van der Waals surface area contributed by atoms with Crippen LogP contribution in [0.15, 0.2) is 57.3 Å². The molecule has 4 aromatic rings. The number of carbonyl (C=O) groups is 2. The summed E-state index contributed by atoms with van der Waals surface area (Å²) in [5.41, 5.74) is -0.0845. The summed E-state index contributed by atoms with van der Waals surface area (Å²) in [5, 5.41) is 9.28. The lowest BCUT2D eigenvalue weighted by Crippen LogP contribution is -2.25. The van der Waals surface area contributed by atoms with Crippen molar-refractivity contribution in [2.24, 2.45) is 0 Å². The molecule has 1 amide bonds. The molecule has 32 heavy (non-hydrogen) atoms. The van der Waals surface area contributed by atoms with Crippen LogP contribution in [0.5, 0.6) is 5.75 Å². The number of amides is 1. The first-order valence-corrected chi connectivity index (χ1v) is 10.7. The molecule has 10 heteroatoms. The van der Waals surface area contributed by atoms with Gasteiger partial charge >= 0.3 is 5.97 Å². The lowest BCUT2D eigenvalue weighted by Gasteiger charge is -2.10. The zero-order valence-corrected chi connectivity index (χ0v) is 18.1. The first kappa shape index (κ1) is 21.3. The van der Waals surface area contributed by atoms with E-state index in [1.54, 1.807) is 42.6 Å². The van der Waals surface area contributed by atoms with Gasteiger partial charge in [-0.1, -0.05) is 0 Å². The Balaban J connectivity index is 1.86. The third kappa shape index (κ3) is 4.00. The standard InChI is InChI=1S/C22H19N3O6S/c1-3-29-14-9-7-13(8-10-14)25-21(27)17-15(18(24-25)22(28)30-4-2)12-32-20(17)23-19(26)16-6-5-11-31-16/h5-12H,3-4H2,1-2H3,(H,23,26). The van der Waals surface area contributed by atoms with Gasteiger partial charge in [0.05, 0.1) is 30.6 Å². The zero-order valence-electron chi connectivity index (χ0n) is 17.3. The molecule has 164 valence electrons. The van der Waals surface area contributed by atoms with Gasteiger partial charge in [0.15, 0.2) is 11.5 Å². The molecule has 0 saturated carbocycles. The van der Waals surface area contributed by atoms with Crippen molar-refractivity contribution in [3.63, 3.8) is 0 Å². The first-order chi connectivity index (χ1) is 15.5. The van der Waals surface area contributed by atoms with E-state index in [0.29, 0.717) is 23.4 Å². The maximum Gasteiger partial charge on any atom is 0.359 e. The second-order valence-electron chi connectivity index (χ2n) is 6.50. The van der Waals surface area contributed by atoms with E-state index in [1.165, 1.54) is 12.3 Å². The van der Waals surface area contributed by atoms with Crippen LogP contribution in [-0.4, -0.2) is 34.9 Å². The quantitative estimate of drug-likeness (QED) is 0.423. The van der Waals surface area contributed by atoms with Gasteiger partial charge in [-0.25, -0.2) is 4.79 Å². The summed E-state index contributed by atoms with van der Waals surface area (Å²) in [6.45, 7) is 4.20. The molecule has 0 aliphatic rings. The molecule has 0 radical (unpaired) electrons. The van der Waals surface area contributed by atoms with Gasteiger partial charge < -0.3 is 19.2 Å². The number of fused-ring (bicyclic) bond motifs is 1. The van der Waals surface area contributed by atoms with E-state index in [-0.39, 0.29) is 28.4 Å². The van der Waals surface area contributed by atoms with Gasteiger partial charge in [-0.15, -0.1) is 11.3 Å². The van der Waals surface area contributed by atoms with Crippen molar-refractivity contribution < 1.29 is 23.5 Å². The Morgan fingerprint density at radius 3 is 2.59 bits per heavy atom. The summed E-state index contributed by atoms with van der Waals surface area (Å²) in [5.74, 6) is -0.449. The van der Waals surface area contributed by atoms with Crippen molar-refractivity contribution in [3.05, 3.63) is 69.8 Å². The number of thiophene rings is 1. The molecule has 0 aliphatic carbocycles. The Hall–Kier alpha value is -3.92. The van der Waals surface area contributed by atoms with Gasteiger partial charge in [-0.2, -0.15) is 9.78 Å². The molecule has 0 atom stereocenters. The summed E-state index contributed by atoms with van der Waals surface area (Å²) in [6, 6.07) is 9.82. The molecule has 4 rings (SSSR count). The summed E-state index contributed by atoms with van der Waals surface area (Å²) in [7, 11) is 0. The summed E-state index contributed by atoms with van der Waals surface area (Å²) in [6.07, 6.45) is 1.38. The number of nitrogens with zero attached hydrogens (tertiary/aromatic N) is 2. The number of anilines is 1. The number of ether oxygens (including phenoxy) is 2. The Labute approximate surface area is 186 Å². The molecular weight excluding hydrogens is 434 g/mol. The van der Waals surface area contributed by atoms with Gasteiger partial charge in [0.25, 0.3) is 11.5 Å². The molecular formula is C22H19N3O6S.